The molecule has 0 aliphatic rings. The Morgan fingerprint density at radius 3 is 1.07 bits per heavy atom. The number of aliphatic hydroxyl groups excluding tert-OH is 2. The second-order valence-electron chi connectivity index (χ2n) is 5.33. The Morgan fingerprint density at radius 1 is 0.793 bits per heavy atom. The molecule has 0 aromatic heterocycles. The molecule has 0 amide bonds. The summed E-state index contributed by atoms with van der Waals surface area (Å²) in [6, 6.07) is 16.7. The number of carbonyl (C=O) groups is 2. The Kier molecular flexibility index (Phi) is 29.4. The van der Waals surface area contributed by atoms with Crippen molar-refractivity contribution in [3.8, 4) is 0 Å². The van der Waals surface area contributed by atoms with Crippen LogP contribution in [0.4, 0.5) is 0 Å². The minimum absolute atomic E-state index is 0. The number of carbonyl (C=O) groups excluding carboxylic acids is 2. The first kappa shape index (κ1) is 33.8. The predicted octanol–water partition coefficient (Wildman–Crippen LogP) is 0.110. The first-order valence-electron chi connectivity index (χ1n) is 8.75. The van der Waals surface area contributed by atoms with Gasteiger partial charge >= 0.3 is 0 Å². The summed E-state index contributed by atoms with van der Waals surface area (Å²) >= 11 is 0. The van der Waals surface area contributed by atoms with E-state index < -0.39 is 11.9 Å². The van der Waals surface area contributed by atoms with E-state index in [9.17, 15) is 19.8 Å². The Labute approximate surface area is 173 Å². The van der Waals surface area contributed by atoms with Crippen LogP contribution in [0.25, 0.3) is 0 Å². The highest BCUT2D eigenvalue weighted by molar-refractivity contribution is 5.85. The second-order valence-corrected chi connectivity index (χ2v) is 5.33. The van der Waals surface area contributed by atoms with Gasteiger partial charge in [0, 0.05) is 13.2 Å². The fourth-order valence-electron chi connectivity index (χ4n) is 1.15. The Hall–Kier alpha value is -2.78. The largest absolute Gasteiger partial charge is 0.545 e. The molecule has 0 saturated carbocycles. The van der Waals surface area contributed by atoms with Crippen LogP contribution in [0, 0.1) is 0 Å². The van der Waals surface area contributed by atoms with E-state index in [1.165, 1.54) is 24.3 Å². The molecule has 9 N–H and O–H groups in total. The molecule has 0 atom stereocenters. The first-order chi connectivity index (χ1) is 13.2. The molecule has 0 spiro atoms. The summed E-state index contributed by atoms with van der Waals surface area (Å²) in [6.07, 6.45) is 0. The van der Waals surface area contributed by atoms with Crippen LogP contribution in [0.5, 0.6) is 0 Å². The highest BCUT2D eigenvalue weighted by Gasteiger charge is 1.86. The summed E-state index contributed by atoms with van der Waals surface area (Å²) in [6.45, 7) is 7.97. The summed E-state index contributed by atoms with van der Waals surface area (Å²) in [5.74, 6) is -2.26. The normalized spacial score (nSPS) is 8.00. The molecular formula is C21H36N2O6. The van der Waals surface area contributed by atoms with E-state index in [0.29, 0.717) is 6.04 Å². The molecule has 0 unspecified atom stereocenters. The van der Waals surface area contributed by atoms with Crippen molar-refractivity contribution >= 4 is 11.9 Å². The number of carboxylic acid groups (broad SMARTS) is 2. The lowest BCUT2D eigenvalue weighted by molar-refractivity contribution is -0.407. The topological polar surface area (TPSA) is 185 Å². The maximum Gasteiger partial charge on any atom is 0.0786 e. The lowest BCUT2D eigenvalue weighted by Crippen LogP contribution is -2.57. The van der Waals surface area contributed by atoms with Crippen LogP contribution in [0.2, 0.25) is 0 Å². The van der Waals surface area contributed by atoms with Gasteiger partial charge in [-0.2, -0.15) is 0 Å². The van der Waals surface area contributed by atoms with Crippen molar-refractivity contribution in [2.45, 2.75) is 33.7 Å². The molecule has 2 aromatic rings. The number of benzene rings is 2. The van der Waals surface area contributed by atoms with Gasteiger partial charge in [-0.05, 0) is 38.8 Å². The lowest BCUT2D eigenvalue weighted by Gasteiger charge is -1.97. The van der Waals surface area contributed by atoms with Crippen LogP contribution < -0.4 is 22.1 Å². The molecule has 0 aliphatic heterocycles. The maximum atomic E-state index is 10.1. The zero-order valence-corrected chi connectivity index (χ0v) is 18.0. The summed E-state index contributed by atoms with van der Waals surface area (Å²) < 4.78 is 0. The fraction of sp³-hybridized carbons (Fsp3) is 0.333. The first-order valence-corrected chi connectivity index (χ1v) is 8.75. The van der Waals surface area contributed by atoms with Crippen LogP contribution in [0.15, 0.2) is 60.7 Å². The van der Waals surface area contributed by atoms with E-state index in [2.05, 4.69) is 19.6 Å². The quantitative estimate of drug-likeness (QED) is 0.542. The van der Waals surface area contributed by atoms with Gasteiger partial charge in [-0.15, -0.1) is 0 Å². The number of carboxylic acids is 2. The molecule has 0 radical (unpaired) electrons. The Balaban J connectivity index is -0.000000147. The van der Waals surface area contributed by atoms with Crippen LogP contribution in [0.3, 0.4) is 0 Å². The fourth-order valence-corrected chi connectivity index (χ4v) is 1.15. The minimum Gasteiger partial charge on any atom is -0.545 e. The second kappa shape index (κ2) is 25.2. The van der Waals surface area contributed by atoms with E-state index in [1.54, 1.807) is 50.2 Å². The average Bonchev–Trinajstić information content (AvgIpc) is 2.64. The molecule has 2 aromatic carbocycles. The zero-order chi connectivity index (χ0) is 22.4. The van der Waals surface area contributed by atoms with Crippen molar-refractivity contribution in [2.75, 3.05) is 13.2 Å². The van der Waals surface area contributed by atoms with Gasteiger partial charge in [-0.3, -0.25) is 0 Å². The van der Waals surface area contributed by atoms with E-state index >= 15 is 0 Å². The van der Waals surface area contributed by atoms with Gasteiger partial charge in [-0.1, -0.05) is 60.7 Å². The molecular weight excluding hydrogens is 376 g/mol. The Morgan fingerprint density at radius 2 is 0.966 bits per heavy atom. The number of hydrogen-bond acceptors (Lipinski definition) is 6. The van der Waals surface area contributed by atoms with Crippen LogP contribution in [-0.4, -0.2) is 41.4 Å². The number of hydrogen-bond donors (Lipinski definition) is 4. The van der Waals surface area contributed by atoms with Gasteiger partial charge in [0.1, 0.15) is 0 Å². The number of aliphatic hydroxyl groups is 2. The molecule has 0 heterocycles. The molecule has 2 rings (SSSR count). The van der Waals surface area contributed by atoms with Gasteiger partial charge in [0.15, 0.2) is 0 Å². The summed E-state index contributed by atoms with van der Waals surface area (Å²) in [4.78, 5) is 20.2. The third-order valence-electron chi connectivity index (χ3n) is 2.02. The highest BCUT2D eigenvalue weighted by atomic mass is 16.4. The van der Waals surface area contributed by atoms with Crippen molar-refractivity contribution in [1.29, 1.82) is 0 Å². The average molecular weight is 413 g/mol. The summed E-state index contributed by atoms with van der Waals surface area (Å²) in [7, 11) is 0. The van der Waals surface area contributed by atoms with Crippen molar-refractivity contribution < 1.29 is 35.7 Å². The predicted molar refractivity (Wildman–Crippen MR) is 111 cm³/mol. The van der Waals surface area contributed by atoms with Crippen LogP contribution >= 0.6 is 0 Å². The number of aromatic carboxylic acids is 2. The van der Waals surface area contributed by atoms with E-state index in [4.69, 9.17) is 10.2 Å². The van der Waals surface area contributed by atoms with Gasteiger partial charge < -0.3 is 41.9 Å². The third kappa shape index (κ3) is 30.2. The van der Waals surface area contributed by atoms with Crippen molar-refractivity contribution in [1.82, 2.24) is 6.15 Å². The Bertz CT molecular complexity index is 538. The molecule has 8 nitrogen and oxygen atoms in total. The third-order valence-corrected chi connectivity index (χ3v) is 2.02. The van der Waals surface area contributed by atoms with E-state index in [1.807, 2.05) is 0 Å². The van der Waals surface area contributed by atoms with Crippen LogP contribution in [-0.2, 0) is 0 Å². The molecule has 166 valence electrons. The molecule has 0 fully saturated rings. The minimum atomic E-state index is -1.13. The summed E-state index contributed by atoms with van der Waals surface area (Å²) in [5.41, 5.74) is 4.08. The van der Waals surface area contributed by atoms with E-state index in [0.717, 1.165) is 0 Å². The van der Waals surface area contributed by atoms with Gasteiger partial charge in [-0.25, -0.2) is 0 Å². The van der Waals surface area contributed by atoms with Gasteiger partial charge in [0.05, 0.1) is 18.0 Å². The molecule has 8 heteroatoms. The summed E-state index contributed by atoms with van der Waals surface area (Å²) in [5, 5.41) is 35.3. The standard InChI is InChI=1S/2C7H6O2.C3H9N.2C2H6O.H3N/c2*8-7(9)6-4-2-1-3-5-6;1-3(2)4;2*1-2-3;/h2*1-5H,(H,8,9);3H,4H2,1-2H3;2*3H,2H2,1H3;1H3. The molecule has 0 saturated heterocycles. The van der Waals surface area contributed by atoms with Crippen molar-refractivity contribution in [2.24, 2.45) is 0 Å². The van der Waals surface area contributed by atoms with Gasteiger partial charge in [0.25, 0.3) is 0 Å². The number of quaternary nitrogens is 2. The van der Waals surface area contributed by atoms with Gasteiger partial charge in [0.2, 0.25) is 0 Å². The maximum absolute atomic E-state index is 10.1. The van der Waals surface area contributed by atoms with Crippen molar-refractivity contribution in [3.05, 3.63) is 71.8 Å². The molecule has 29 heavy (non-hydrogen) atoms. The zero-order valence-electron chi connectivity index (χ0n) is 18.0. The van der Waals surface area contributed by atoms with Crippen LogP contribution in [0.1, 0.15) is 48.4 Å². The lowest BCUT2D eigenvalue weighted by atomic mass is 10.2. The SMILES string of the molecule is CC(C)[NH3+].CCO.CCO.O=C([O-])c1ccccc1.O=C([O-])c1ccccc1.[NH4+]. The molecule has 0 aliphatic carbocycles. The number of rotatable bonds is 2. The highest BCUT2D eigenvalue weighted by Crippen LogP contribution is 1.95. The van der Waals surface area contributed by atoms with E-state index in [-0.39, 0.29) is 30.5 Å². The monoisotopic (exact) mass is 412 g/mol. The van der Waals surface area contributed by atoms with Crippen molar-refractivity contribution in [3.63, 3.8) is 0 Å². The smallest absolute Gasteiger partial charge is 0.0786 e. The molecule has 0 bridgehead atoms.